The molecule has 0 unspecified atom stereocenters. The number of aromatic nitrogens is 6. The van der Waals surface area contributed by atoms with Crippen LogP contribution in [0.5, 0.6) is 5.88 Å². The lowest BCUT2D eigenvalue weighted by molar-refractivity contribution is 0.396. The number of fused-ring (bicyclic) bond motifs is 1. The molecule has 8 heteroatoms. The molecule has 3 aromatic rings. The number of aryl methyl sites for hydroxylation is 2. The van der Waals surface area contributed by atoms with Gasteiger partial charge in [-0.25, -0.2) is 19.6 Å². The third kappa shape index (κ3) is 2.52. The number of hydrogen-bond acceptors (Lipinski definition) is 5. The lowest BCUT2D eigenvalue weighted by atomic mass is 10.2. The largest absolute Gasteiger partial charge is 0.479 e. The molecule has 0 saturated heterocycles. The van der Waals surface area contributed by atoms with Crippen LogP contribution in [0.1, 0.15) is 29.9 Å². The van der Waals surface area contributed by atoms with Crippen molar-refractivity contribution in [3.05, 3.63) is 36.2 Å². The summed E-state index contributed by atoms with van der Waals surface area (Å²) in [6, 6.07) is 3.87. The molecule has 0 bridgehead atoms. The maximum absolute atomic E-state index is 5.46. The number of nitrogens with zero attached hydrogens (tertiary/aromatic N) is 6. The third-order valence-corrected chi connectivity index (χ3v) is 4.67. The summed E-state index contributed by atoms with van der Waals surface area (Å²) < 4.78 is 9.31. The monoisotopic (exact) mass is 337 g/mol. The summed E-state index contributed by atoms with van der Waals surface area (Å²) in [6.45, 7) is 2.84. The number of imidazole rings is 1. The minimum Gasteiger partial charge on any atom is -0.479 e. The summed E-state index contributed by atoms with van der Waals surface area (Å²) in [6.07, 6.45) is 5.85. The quantitative estimate of drug-likeness (QED) is 0.682. The summed E-state index contributed by atoms with van der Waals surface area (Å²) in [5.41, 5.74) is 2.72. The molecule has 24 heavy (non-hydrogen) atoms. The minimum atomic E-state index is 0.245. The van der Waals surface area contributed by atoms with Crippen molar-refractivity contribution < 1.29 is 4.74 Å². The van der Waals surface area contributed by atoms with Gasteiger partial charge in [0.1, 0.15) is 17.2 Å². The fourth-order valence-corrected chi connectivity index (χ4v) is 3.33. The van der Waals surface area contributed by atoms with Gasteiger partial charge >= 0.3 is 0 Å². The minimum absolute atomic E-state index is 0.245. The Morgan fingerprint density at radius 1 is 1.29 bits per heavy atom. The van der Waals surface area contributed by atoms with Crippen LogP contribution in [0.25, 0.3) is 17.2 Å². The second-order valence-corrected chi connectivity index (χ2v) is 6.56. The number of pyridine rings is 1. The molecule has 3 aromatic heterocycles. The van der Waals surface area contributed by atoms with Crippen molar-refractivity contribution in [1.82, 2.24) is 29.3 Å². The zero-order chi connectivity index (χ0) is 16.7. The molecule has 4 rings (SSSR count). The number of ether oxygens (including phenoxy) is 1. The topological polar surface area (TPSA) is 70.7 Å². The molecule has 3 radical (unpaired) electrons. The number of rotatable bonds is 3. The molecule has 4 heterocycles. The molecule has 7 nitrogen and oxygen atoms in total. The lowest BCUT2D eigenvalue weighted by Gasteiger charge is -2.17. The summed E-state index contributed by atoms with van der Waals surface area (Å²) >= 11 is 0. The Morgan fingerprint density at radius 3 is 2.88 bits per heavy atom. The van der Waals surface area contributed by atoms with E-state index in [4.69, 9.17) is 4.74 Å². The first-order valence-corrected chi connectivity index (χ1v) is 8.45. The zero-order valence-electron chi connectivity index (χ0n) is 13.6. The maximum atomic E-state index is 5.46. The van der Waals surface area contributed by atoms with E-state index in [1.165, 1.54) is 0 Å². The van der Waals surface area contributed by atoms with Crippen molar-refractivity contribution >= 4 is 10.2 Å². The van der Waals surface area contributed by atoms with Gasteiger partial charge in [0.05, 0.1) is 19.1 Å². The zero-order valence-corrected chi connectivity index (χ0v) is 14.6. The van der Waals surface area contributed by atoms with E-state index >= 15 is 0 Å². The Morgan fingerprint density at radius 2 is 2.17 bits per heavy atom. The number of methoxy groups -OCH3 is 1. The molecule has 0 N–H and O–H groups in total. The van der Waals surface area contributed by atoms with Crippen molar-refractivity contribution in [2.24, 2.45) is 0 Å². The van der Waals surface area contributed by atoms with Crippen molar-refractivity contribution in [3.8, 4) is 23.1 Å². The van der Waals surface area contributed by atoms with Gasteiger partial charge in [0.15, 0.2) is 5.82 Å². The van der Waals surface area contributed by atoms with Crippen LogP contribution in [-0.2, 0) is 6.54 Å². The van der Waals surface area contributed by atoms with Crippen LogP contribution < -0.4 is 4.74 Å². The highest BCUT2D eigenvalue weighted by molar-refractivity contribution is 6.12. The summed E-state index contributed by atoms with van der Waals surface area (Å²) in [5.74, 6) is 2.11. The van der Waals surface area contributed by atoms with E-state index in [2.05, 4.69) is 30.3 Å². The van der Waals surface area contributed by atoms with Gasteiger partial charge in [-0.3, -0.25) is 0 Å². The second-order valence-electron chi connectivity index (χ2n) is 5.86. The van der Waals surface area contributed by atoms with E-state index in [1.54, 1.807) is 13.4 Å². The fourth-order valence-electron chi connectivity index (χ4n) is 2.92. The van der Waals surface area contributed by atoms with E-state index in [1.807, 2.05) is 34.5 Å². The Labute approximate surface area is 143 Å². The van der Waals surface area contributed by atoms with Gasteiger partial charge in [0.25, 0.3) is 0 Å². The van der Waals surface area contributed by atoms with Gasteiger partial charge in [0, 0.05) is 28.5 Å². The van der Waals surface area contributed by atoms with E-state index < -0.39 is 0 Å². The summed E-state index contributed by atoms with van der Waals surface area (Å²) in [4.78, 5) is 13.5. The molecule has 1 aliphatic heterocycles. The SMILES string of the molecule is COc1nc(-c2nc3n(n2)CCC[C@@H]3[Si])ccc1-n1cnc(C)c1. The molecule has 0 aromatic carbocycles. The van der Waals surface area contributed by atoms with Gasteiger partial charge in [0.2, 0.25) is 5.88 Å². The molecule has 1 aliphatic rings. The molecule has 0 fully saturated rings. The maximum Gasteiger partial charge on any atom is 0.238 e. The Hall–Kier alpha value is -2.48. The van der Waals surface area contributed by atoms with Gasteiger partial charge in [-0.1, -0.05) is 0 Å². The smallest absolute Gasteiger partial charge is 0.238 e. The average molecular weight is 337 g/mol. The predicted molar refractivity (Wildman–Crippen MR) is 89.4 cm³/mol. The molecular weight excluding hydrogens is 320 g/mol. The van der Waals surface area contributed by atoms with Gasteiger partial charge in [-0.05, 0) is 31.9 Å². The highest BCUT2D eigenvalue weighted by Gasteiger charge is 2.22. The fraction of sp³-hybridized carbons (Fsp3) is 0.375. The van der Waals surface area contributed by atoms with Gasteiger partial charge < -0.3 is 9.30 Å². The highest BCUT2D eigenvalue weighted by atomic mass is 28.1. The molecule has 0 aliphatic carbocycles. The summed E-state index contributed by atoms with van der Waals surface area (Å²) in [5, 5.41) is 4.59. The van der Waals surface area contributed by atoms with Crippen LogP contribution in [0, 0.1) is 6.92 Å². The third-order valence-electron chi connectivity index (χ3n) is 4.13. The van der Waals surface area contributed by atoms with Crippen molar-refractivity contribution in [1.29, 1.82) is 0 Å². The normalized spacial score (nSPS) is 16.9. The number of hydrogen-bond donors (Lipinski definition) is 0. The van der Waals surface area contributed by atoms with Crippen LogP contribution in [0.2, 0.25) is 0 Å². The van der Waals surface area contributed by atoms with E-state index in [-0.39, 0.29) is 5.54 Å². The first kappa shape index (κ1) is 15.1. The van der Waals surface area contributed by atoms with Crippen molar-refractivity contribution in [2.45, 2.75) is 31.9 Å². The van der Waals surface area contributed by atoms with Gasteiger partial charge in [-0.15, -0.1) is 5.10 Å². The molecule has 121 valence electrons. The Bertz CT molecular complexity index is 887. The van der Waals surface area contributed by atoms with Crippen LogP contribution >= 0.6 is 0 Å². The standard InChI is InChI=1S/C16H17N6OSi/c1-10-8-21(9-17-10)12-6-5-11(18-16(12)23-2)14-19-15-13(24)4-3-7-22(15)20-14/h5-6,8-9,13H,3-4,7H2,1-2H3/t13-/m0/s1. The average Bonchev–Trinajstić information content (AvgIpc) is 3.21. The van der Waals surface area contributed by atoms with Crippen LogP contribution in [-0.4, -0.2) is 46.7 Å². The van der Waals surface area contributed by atoms with E-state index in [0.29, 0.717) is 17.4 Å². The molecule has 0 saturated carbocycles. The molecule has 0 spiro atoms. The van der Waals surface area contributed by atoms with Crippen molar-refractivity contribution in [2.75, 3.05) is 7.11 Å². The van der Waals surface area contributed by atoms with E-state index in [9.17, 15) is 0 Å². The first-order valence-electron chi connectivity index (χ1n) is 7.88. The molecular formula is C16H17N6OSi. The summed E-state index contributed by atoms with van der Waals surface area (Å²) in [7, 11) is 5.33. The van der Waals surface area contributed by atoms with Crippen LogP contribution in [0.3, 0.4) is 0 Å². The molecule has 0 amide bonds. The van der Waals surface area contributed by atoms with Crippen molar-refractivity contribution in [3.63, 3.8) is 0 Å². The van der Waals surface area contributed by atoms with Crippen LogP contribution in [0.4, 0.5) is 0 Å². The highest BCUT2D eigenvalue weighted by Crippen LogP contribution is 2.28. The van der Waals surface area contributed by atoms with Gasteiger partial charge in [-0.2, -0.15) is 0 Å². The molecule has 1 atom stereocenters. The predicted octanol–water partition coefficient (Wildman–Crippen LogP) is 1.85. The second kappa shape index (κ2) is 5.86. The Balaban J connectivity index is 1.75. The van der Waals surface area contributed by atoms with E-state index in [0.717, 1.165) is 36.6 Å². The lowest BCUT2D eigenvalue weighted by Crippen LogP contribution is -2.16. The first-order chi connectivity index (χ1) is 11.7. The van der Waals surface area contributed by atoms with Crippen LogP contribution in [0.15, 0.2) is 24.7 Å². The Kier molecular flexibility index (Phi) is 3.68.